The van der Waals surface area contributed by atoms with Crippen LogP contribution in [0.25, 0.3) is 0 Å². The number of nitrogens with zero attached hydrogens (tertiary/aromatic N) is 6. The summed E-state index contributed by atoms with van der Waals surface area (Å²) in [6, 6.07) is 10.6. The summed E-state index contributed by atoms with van der Waals surface area (Å²) in [6.45, 7) is 36.8. The molecule has 0 N–H and O–H groups in total. The summed E-state index contributed by atoms with van der Waals surface area (Å²) in [5, 5.41) is 14.4. The first kappa shape index (κ1) is 39.6. The molecule has 0 aliphatic rings. The molecule has 0 radical (unpaired) electrons. The highest BCUT2D eigenvalue weighted by molar-refractivity contribution is 6.06. The maximum Gasteiger partial charge on any atom is 0.278 e. The number of carbonyl (C=O) groups excluding carboxylic acids is 3. The third-order valence-corrected chi connectivity index (χ3v) is 8.99. The van der Waals surface area contributed by atoms with Gasteiger partial charge in [0.2, 0.25) is 0 Å². The first-order valence-electron chi connectivity index (χ1n) is 17.9. The normalized spacial score (nSPS) is 13.5. The molecular weight excluding hydrogens is 637 g/mol. The second-order valence-electron chi connectivity index (χ2n) is 20.2. The van der Waals surface area contributed by atoms with Gasteiger partial charge in [0.05, 0.1) is 34.2 Å². The molecule has 9 heteroatoms. The smallest absolute Gasteiger partial charge is 0.267 e. The summed E-state index contributed by atoms with van der Waals surface area (Å²) in [5.41, 5.74) is 2.81. The van der Waals surface area contributed by atoms with Crippen molar-refractivity contribution in [2.75, 3.05) is 0 Å². The van der Waals surface area contributed by atoms with Crippen LogP contribution in [0.15, 0.2) is 36.4 Å². The van der Waals surface area contributed by atoms with Gasteiger partial charge in [-0.05, 0) is 36.4 Å². The second kappa shape index (κ2) is 12.5. The molecule has 0 atom stereocenters. The zero-order valence-corrected chi connectivity index (χ0v) is 34.4. The van der Waals surface area contributed by atoms with Gasteiger partial charge in [-0.1, -0.05) is 125 Å². The topological polar surface area (TPSA) is 105 Å². The molecule has 276 valence electrons. The van der Waals surface area contributed by atoms with Gasteiger partial charge in [-0.2, -0.15) is 29.3 Å². The third kappa shape index (κ3) is 8.18. The average molecular weight is 697 g/mol. The van der Waals surface area contributed by atoms with Crippen LogP contribution in [-0.2, 0) is 32.5 Å². The molecule has 4 rings (SSSR count). The van der Waals surface area contributed by atoms with Crippen LogP contribution < -0.4 is 0 Å². The number of rotatable bonds is 3. The highest BCUT2D eigenvalue weighted by atomic mass is 16.2. The fraction of sp³-hybridized carbons (Fsp3) is 0.571. The maximum atomic E-state index is 14.6. The first-order valence-corrected chi connectivity index (χ1v) is 17.9. The van der Waals surface area contributed by atoms with Gasteiger partial charge >= 0.3 is 0 Å². The Hall–Kier alpha value is -4.14. The quantitative estimate of drug-likeness (QED) is 0.212. The van der Waals surface area contributed by atoms with E-state index in [1.54, 1.807) is 18.2 Å². The highest BCUT2D eigenvalue weighted by Gasteiger charge is 2.34. The van der Waals surface area contributed by atoms with Crippen molar-refractivity contribution < 1.29 is 14.4 Å². The molecule has 0 spiro atoms. The Balaban J connectivity index is 2.04. The molecular formula is C42H60N6O3. The van der Waals surface area contributed by atoms with Crippen LogP contribution in [0.1, 0.15) is 190 Å². The summed E-state index contributed by atoms with van der Waals surface area (Å²) in [5.74, 6) is -1.30. The Morgan fingerprint density at radius 3 is 0.706 bits per heavy atom. The lowest BCUT2D eigenvalue weighted by Crippen LogP contribution is -2.28. The summed E-state index contributed by atoms with van der Waals surface area (Å²) < 4.78 is 4.28. The molecule has 0 amide bonds. The molecule has 0 saturated carbocycles. The molecule has 4 aromatic rings. The number of carbonyl (C=O) groups is 3. The zero-order valence-electron chi connectivity index (χ0n) is 34.4. The van der Waals surface area contributed by atoms with Crippen LogP contribution in [0.2, 0.25) is 0 Å². The molecule has 0 unspecified atom stereocenters. The van der Waals surface area contributed by atoms with Crippen LogP contribution in [-0.4, -0.2) is 47.1 Å². The van der Waals surface area contributed by atoms with Gasteiger partial charge in [0.1, 0.15) is 0 Å². The molecule has 0 aliphatic heterocycles. The van der Waals surface area contributed by atoms with Crippen molar-refractivity contribution in [2.24, 2.45) is 0 Å². The second-order valence-corrected chi connectivity index (χ2v) is 20.2. The fourth-order valence-corrected chi connectivity index (χ4v) is 5.67. The van der Waals surface area contributed by atoms with Crippen LogP contribution in [0, 0.1) is 0 Å². The largest absolute Gasteiger partial charge is 0.278 e. The van der Waals surface area contributed by atoms with E-state index >= 15 is 0 Å². The Labute approximate surface area is 305 Å². The lowest BCUT2D eigenvalue weighted by molar-refractivity contribution is 0.0936. The van der Waals surface area contributed by atoms with E-state index in [0.717, 1.165) is 34.2 Å². The van der Waals surface area contributed by atoms with E-state index in [9.17, 15) is 14.4 Å². The number of benzene rings is 1. The molecule has 1 aromatic carbocycles. The average Bonchev–Trinajstić information content (AvgIpc) is 3.71. The van der Waals surface area contributed by atoms with Crippen molar-refractivity contribution in [3.05, 3.63) is 87.3 Å². The Morgan fingerprint density at radius 2 is 0.549 bits per heavy atom. The molecule has 0 bridgehead atoms. The zero-order chi connectivity index (χ0) is 39.0. The minimum absolute atomic E-state index is 0.166. The fourth-order valence-electron chi connectivity index (χ4n) is 5.67. The van der Waals surface area contributed by atoms with Gasteiger partial charge in [-0.25, -0.2) is 0 Å². The number of hydrogen-bond donors (Lipinski definition) is 0. The molecule has 0 aliphatic carbocycles. The van der Waals surface area contributed by atoms with Gasteiger partial charge in [0, 0.05) is 49.2 Å². The lowest BCUT2D eigenvalue weighted by atomic mass is 9.88. The van der Waals surface area contributed by atoms with Crippen molar-refractivity contribution in [3.63, 3.8) is 0 Å². The van der Waals surface area contributed by atoms with Crippen LogP contribution in [0.3, 0.4) is 0 Å². The highest BCUT2D eigenvalue weighted by Crippen LogP contribution is 2.33. The van der Waals surface area contributed by atoms with Gasteiger partial charge in [-0.3, -0.25) is 14.4 Å². The van der Waals surface area contributed by atoms with E-state index in [1.165, 1.54) is 14.0 Å². The Bertz CT molecular complexity index is 1750. The standard InChI is InChI=1S/C42H60N6O3/c1-37(2,3)28-22-31(40(10,11)12)46(43-28)34(49)25-19-26(35(50)47-32(41(13,14)15)23-29(44-47)38(4,5)6)21-27(20-25)36(51)48-33(42(16,17)18)24-30(45-48)39(7,8)9/h19-24H,1-18H3. The van der Waals surface area contributed by atoms with Crippen molar-refractivity contribution in [3.8, 4) is 0 Å². The molecule has 0 fully saturated rings. The van der Waals surface area contributed by atoms with Crippen LogP contribution in [0.5, 0.6) is 0 Å². The number of hydrogen-bond acceptors (Lipinski definition) is 6. The molecule has 3 heterocycles. The van der Waals surface area contributed by atoms with Gasteiger partial charge < -0.3 is 0 Å². The van der Waals surface area contributed by atoms with Gasteiger partial charge in [0.15, 0.2) is 0 Å². The Morgan fingerprint density at radius 1 is 0.353 bits per heavy atom. The summed E-state index contributed by atoms with van der Waals surface area (Å²) in [4.78, 5) is 43.9. The monoisotopic (exact) mass is 696 g/mol. The lowest BCUT2D eigenvalue weighted by Gasteiger charge is -2.21. The van der Waals surface area contributed by atoms with E-state index < -0.39 is 34.0 Å². The minimum Gasteiger partial charge on any atom is -0.267 e. The summed E-state index contributed by atoms with van der Waals surface area (Å²) in [7, 11) is 0. The summed E-state index contributed by atoms with van der Waals surface area (Å²) >= 11 is 0. The van der Waals surface area contributed by atoms with E-state index in [-0.39, 0.29) is 32.9 Å². The van der Waals surface area contributed by atoms with Crippen LogP contribution in [0.4, 0.5) is 0 Å². The van der Waals surface area contributed by atoms with E-state index in [2.05, 4.69) is 62.3 Å². The molecule has 3 aromatic heterocycles. The van der Waals surface area contributed by atoms with Crippen molar-refractivity contribution in [1.82, 2.24) is 29.3 Å². The van der Waals surface area contributed by atoms with Gasteiger partial charge in [-0.15, -0.1) is 0 Å². The maximum absolute atomic E-state index is 14.6. The van der Waals surface area contributed by atoms with Crippen LogP contribution >= 0.6 is 0 Å². The minimum atomic E-state index is -0.432. The van der Waals surface area contributed by atoms with E-state index in [0.29, 0.717) is 0 Å². The predicted octanol–water partition coefficient (Wildman–Crippen LogP) is 9.13. The van der Waals surface area contributed by atoms with Crippen molar-refractivity contribution in [1.29, 1.82) is 0 Å². The molecule has 0 saturated heterocycles. The molecule has 51 heavy (non-hydrogen) atoms. The predicted molar refractivity (Wildman–Crippen MR) is 205 cm³/mol. The first-order chi connectivity index (χ1) is 22.8. The van der Waals surface area contributed by atoms with Gasteiger partial charge in [0.25, 0.3) is 17.7 Å². The SMILES string of the molecule is CC(C)(C)c1cc(C(C)(C)C)n(C(=O)c2cc(C(=O)n3nc(C(C)(C)C)cc3C(C)(C)C)cc(C(=O)n3nc(C(C)(C)C)cc3C(C)(C)C)c2)n1. The van der Waals surface area contributed by atoms with Crippen molar-refractivity contribution in [2.45, 2.75) is 157 Å². The summed E-state index contributed by atoms with van der Waals surface area (Å²) in [6.07, 6.45) is 0. The van der Waals surface area contributed by atoms with E-state index in [4.69, 9.17) is 15.3 Å². The Kier molecular flexibility index (Phi) is 9.73. The third-order valence-electron chi connectivity index (χ3n) is 8.99. The van der Waals surface area contributed by atoms with Crippen molar-refractivity contribution >= 4 is 17.7 Å². The molecule has 9 nitrogen and oxygen atoms in total. The van der Waals surface area contributed by atoms with E-state index in [1.807, 2.05) is 80.5 Å². The number of aromatic nitrogens is 6.